The topological polar surface area (TPSA) is 131 Å². The Bertz CT molecular complexity index is 1120. The lowest BCUT2D eigenvalue weighted by Gasteiger charge is -2.33. The number of nitrogens with zero attached hydrogens (tertiary/aromatic N) is 3. The quantitative estimate of drug-likeness (QED) is 0.232. The van der Waals surface area contributed by atoms with Gasteiger partial charge >= 0.3 is 11.9 Å². The van der Waals surface area contributed by atoms with Gasteiger partial charge in [-0.1, -0.05) is 35.5 Å². The summed E-state index contributed by atoms with van der Waals surface area (Å²) in [5.41, 5.74) is 3.23. The van der Waals surface area contributed by atoms with Gasteiger partial charge in [-0.05, 0) is 55.6 Å². The summed E-state index contributed by atoms with van der Waals surface area (Å²) in [5.74, 6) is -2.20. The summed E-state index contributed by atoms with van der Waals surface area (Å²) in [5, 5.41) is 28.4. The van der Waals surface area contributed by atoms with Crippen molar-refractivity contribution < 1.29 is 34.2 Å². The largest absolute Gasteiger partial charge is 0.478 e. The Labute approximate surface area is 207 Å². The molecule has 1 saturated heterocycles. The van der Waals surface area contributed by atoms with E-state index in [0.717, 1.165) is 49.2 Å². The van der Waals surface area contributed by atoms with Gasteiger partial charge in [0.1, 0.15) is 11.5 Å². The number of carboxylic acid groups (broad SMARTS) is 2. The van der Waals surface area contributed by atoms with Crippen molar-refractivity contribution >= 4 is 23.6 Å². The summed E-state index contributed by atoms with van der Waals surface area (Å²) >= 11 is 0. The van der Waals surface area contributed by atoms with Crippen molar-refractivity contribution in [3.63, 3.8) is 0 Å². The van der Waals surface area contributed by atoms with Gasteiger partial charge in [0.15, 0.2) is 0 Å². The van der Waals surface area contributed by atoms with Gasteiger partial charge in [0, 0.05) is 42.9 Å². The van der Waals surface area contributed by atoms with Gasteiger partial charge in [-0.3, -0.25) is 9.69 Å². The molecule has 4 rings (SSSR count). The summed E-state index contributed by atoms with van der Waals surface area (Å²) in [6.45, 7) is 3.81. The van der Waals surface area contributed by atoms with E-state index in [0.29, 0.717) is 36.9 Å². The minimum Gasteiger partial charge on any atom is -0.478 e. The van der Waals surface area contributed by atoms with Crippen LogP contribution in [-0.4, -0.2) is 75.0 Å². The monoisotopic (exact) mass is 497 g/mol. The van der Waals surface area contributed by atoms with Crippen molar-refractivity contribution in [2.45, 2.75) is 19.4 Å². The predicted molar refractivity (Wildman–Crippen MR) is 129 cm³/mol. The van der Waals surface area contributed by atoms with E-state index in [1.807, 2.05) is 29.2 Å². The van der Waals surface area contributed by atoms with Crippen molar-refractivity contribution in [3.05, 3.63) is 83.2 Å². The fourth-order valence-corrected chi connectivity index (χ4v) is 4.28. The summed E-state index contributed by atoms with van der Waals surface area (Å²) in [7, 11) is 0. The van der Waals surface area contributed by atoms with E-state index >= 15 is 0 Å². The van der Waals surface area contributed by atoms with Gasteiger partial charge in [-0.2, -0.15) is 0 Å². The molecule has 10 heteroatoms. The number of rotatable bonds is 7. The molecule has 2 heterocycles. The van der Waals surface area contributed by atoms with E-state index in [1.54, 1.807) is 12.1 Å². The number of hydrogen-bond donors (Lipinski definition) is 3. The lowest BCUT2D eigenvalue weighted by atomic mass is 9.95. The number of carbonyl (C=O) groups excluding carboxylic acids is 1. The first-order valence-corrected chi connectivity index (χ1v) is 11.5. The third-order valence-electron chi connectivity index (χ3n) is 6.12. The van der Waals surface area contributed by atoms with Crippen LogP contribution in [0.15, 0.2) is 65.8 Å². The SMILES string of the molecule is O=C(O)C=CC(=O)O.O=C1c2ccccc2CN1CC1CCN(CC(=NO)c2ccc(F)cc2)CC1. The minimum atomic E-state index is -1.26. The standard InChI is InChI=1S/C22H24FN3O2.C4H4O4/c23-19-7-5-17(6-8-19)21(24-28)15-25-11-9-16(10-12-25)13-26-14-18-3-1-2-4-20(18)22(26)27;5-3(6)1-2-4(7)8/h1-8,16,28H,9-15H2;1-2H,(H,5,6)(H,7,8). The van der Waals surface area contributed by atoms with Crippen LogP contribution in [-0.2, 0) is 16.1 Å². The molecule has 2 aliphatic heterocycles. The number of benzene rings is 2. The molecule has 0 aromatic heterocycles. The zero-order chi connectivity index (χ0) is 26.1. The normalized spacial score (nSPS) is 16.5. The minimum absolute atomic E-state index is 0.143. The van der Waals surface area contributed by atoms with Gasteiger partial charge in [-0.15, -0.1) is 0 Å². The fourth-order valence-electron chi connectivity index (χ4n) is 4.28. The van der Waals surface area contributed by atoms with Crippen molar-refractivity contribution in [2.24, 2.45) is 11.1 Å². The Hall–Kier alpha value is -4.05. The molecule has 3 N–H and O–H groups in total. The second-order valence-corrected chi connectivity index (χ2v) is 8.63. The molecule has 190 valence electrons. The Morgan fingerprint density at radius 2 is 1.61 bits per heavy atom. The molecule has 0 aliphatic carbocycles. The van der Waals surface area contributed by atoms with Crippen molar-refractivity contribution in [3.8, 4) is 0 Å². The molecule has 0 bridgehead atoms. The van der Waals surface area contributed by atoms with E-state index in [9.17, 15) is 24.0 Å². The number of likely N-dealkylation sites (tertiary alicyclic amines) is 1. The zero-order valence-electron chi connectivity index (χ0n) is 19.6. The molecule has 1 fully saturated rings. The molecular formula is C26H28FN3O6. The molecule has 0 saturated carbocycles. The highest BCUT2D eigenvalue weighted by Gasteiger charge is 2.30. The van der Waals surface area contributed by atoms with Crippen LogP contribution in [0.25, 0.3) is 0 Å². The summed E-state index contributed by atoms with van der Waals surface area (Å²) in [6, 6.07) is 13.8. The highest BCUT2D eigenvalue weighted by atomic mass is 19.1. The van der Waals surface area contributed by atoms with Gasteiger partial charge in [0.25, 0.3) is 5.91 Å². The number of carbonyl (C=O) groups is 3. The Balaban J connectivity index is 0.000000392. The van der Waals surface area contributed by atoms with Crippen LogP contribution in [0.5, 0.6) is 0 Å². The zero-order valence-corrected chi connectivity index (χ0v) is 19.6. The average molecular weight is 498 g/mol. The fraction of sp³-hybridized carbons (Fsp3) is 0.308. The Kier molecular flexibility index (Phi) is 9.29. The second-order valence-electron chi connectivity index (χ2n) is 8.63. The maximum Gasteiger partial charge on any atom is 0.328 e. The van der Waals surface area contributed by atoms with Crippen LogP contribution in [0.2, 0.25) is 0 Å². The third kappa shape index (κ3) is 7.47. The molecule has 0 atom stereocenters. The number of oxime groups is 1. The maximum atomic E-state index is 13.1. The van der Waals surface area contributed by atoms with Crippen LogP contribution < -0.4 is 0 Å². The molecule has 2 aliphatic rings. The lowest BCUT2D eigenvalue weighted by Crippen LogP contribution is -2.41. The predicted octanol–water partition coefficient (Wildman–Crippen LogP) is 3.08. The van der Waals surface area contributed by atoms with Gasteiger partial charge in [0.2, 0.25) is 0 Å². The number of halogens is 1. The van der Waals surface area contributed by atoms with Crippen LogP contribution >= 0.6 is 0 Å². The van der Waals surface area contributed by atoms with Crippen molar-refractivity contribution in [1.82, 2.24) is 9.80 Å². The lowest BCUT2D eigenvalue weighted by molar-refractivity contribution is -0.134. The number of aliphatic carboxylic acids is 2. The molecule has 0 spiro atoms. The number of amides is 1. The molecule has 0 radical (unpaired) electrons. The third-order valence-corrected chi connectivity index (χ3v) is 6.12. The van der Waals surface area contributed by atoms with Crippen molar-refractivity contribution in [2.75, 3.05) is 26.2 Å². The highest BCUT2D eigenvalue weighted by Crippen LogP contribution is 2.26. The van der Waals surface area contributed by atoms with Crippen LogP contribution in [0, 0.1) is 11.7 Å². The molecule has 36 heavy (non-hydrogen) atoms. The molecule has 2 aromatic rings. The average Bonchev–Trinajstić information content (AvgIpc) is 3.18. The smallest absolute Gasteiger partial charge is 0.328 e. The van der Waals surface area contributed by atoms with E-state index < -0.39 is 11.9 Å². The Morgan fingerprint density at radius 3 is 2.17 bits per heavy atom. The molecular weight excluding hydrogens is 469 g/mol. The molecule has 1 amide bonds. The van der Waals surface area contributed by atoms with Crippen molar-refractivity contribution in [1.29, 1.82) is 0 Å². The summed E-state index contributed by atoms with van der Waals surface area (Å²) in [6.07, 6.45) is 3.12. The molecule has 9 nitrogen and oxygen atoms in total. The first-order valence-electron chi connectivity index (χ1n) is 11.5. The number of piperidine rings is 1. The number of fused-ring (bicyclic) bond motifs is 1. The van der Waals surface area contributed by atoms with Crippen LogP contribution in [0.3, 0.4) is 0 Å². The number of hydrogen-bond acceptors (Lipinski definition) is 6. The molecule has 2 aromatic carbocycles. The van der Waals surface area contributed by atoms with Gasteiger partial charge < -0.3 is 20.3 Å². The van der Waals surface area contributed by atoms with E-state index in [2.05, 4.69) is 10.1 Å². The first-order chi connectivity index (χ1) is 17.3. The second kappa shape index (κ2) is 12.6. The summed E-state index contributed by atoms with van der Waals surface area (Å²) < 4.78 is 13.1. The maximum absolute atomic E-state index is 13.1. The highest BCUT2D eigenvalue weighted by molar-refractivity contribution is 6.01. The van der Waals surface area contributed by atoms with Gasteiger partial charge in [0.05, 0.1) is 0 Å². The first kappa shape index (κ1) is 26.6. The Morgan fingerprint density at radius 1 is 1.00 bits per heavy atom. The van der Waals surface area contributed by atoms with Crippen LogP contribution in [0.4, 0.5) is 4.39 Å². The summed E-state index contributed by atoms with van der Waals surface area (Å²) in [4.78, 5) is 35.9. The van der Waals surface area contributed by atoms with E-state index in [4.69, 9.17) is 10.2 Å². The van der Waals surface area contributed by atoms with Gasteiger partial charge in [-0.25, -0.2) is 14.0 Å². The van der Waals surface area contributed by atoms with E-state index in [-0.39, 0.29) is 11.7 Å². The van der Waals surface area contributed by atoms with E-state index in [1.165, 1.54) is 12.1 Å². The molecule has 0 unspecified atom stereocenters. The van der Waals surface area contributed by atoms with Crippen LogP contribution in [0.1, 0.15) is 34.3 Å². The number of carboxylic acids is 2.